The summed E-state index contributed by atoms with van der Waals surface area (Å²) in [5.41, 5.74) is 1.61. The molecule has 1 saturated heterocycles. The maximum absolute atomic E-state index is 13.4. The molecule has 0 aromatic heterocycles. The molecule has 0 radical (unpaired) electrons. The summed E-state index contributed by atoms with van der Waals surface area (Å²) in [4.78, 5) is 40.5. The second-order valence-corrected chi connectivity index (χ2v) is 6.78. The summed E-state index contributed by atoms with van der Waals surface area (Å²) in [6, 6.07) is 17.5. The first-order valence-electron chi connectivity index (χ1n) is 9.02. The third-order valence-electron chi connectivity index (χ3n) is 5.31. The van der Waals surface area contributed by atoms with Gasteiger partial charge in [-0.15, -0.1) is 0 Å². The number of carbonyl (C=O) groups excluding carboxylic acids is 3. The van der Waals surface area contributed by atoms with Gasteiger partial charge in [-0.25, -0.2) is 0 Å². The molecule has 2 aromatic rings. The lowest BCUT2D eigenvalue weighted by atomic mass is 9.73. The highest BCUT2D eigenvalue weighted by molar-refractivity contribution is 6.10. The van der Waals surface area contributed by atoms with E-state index < -0.39 is 41.6 Å². The predicted octanol–water partition coefficient (Wildman–Crippen LogP) is 2.56. The van der Waals surface area contributed by atoms with Gasteiger partial charge in [0.2, 0.25) is 0 Å². The van der Waals surface area contributed by atoms with Gasteiger partial charge >= 0.3 is 11.9 Å². The summed E-state index contributed by atoms with van der Waals surface area (Å²) >= 11 is 0. The van der Waals surface area contributed by atoms with Crippen LogP contribution in [-0.4, -0.2) is 43.9 Å². The van der Waals surface area contributed by atoms with Crippen LogP contribution in [0.4, 0.5) is 0 Å². The van der Waals surface area contributed by atoms with Crippen LogP contribution in [0.15, 0.2) is 60.7 Å². The second kappa shape index (κ2) is 8.35. The van der Waals surface area contributed by atoms with Gasteiger partial charge < -0.3 is 9.47 Å². The second-order valence-electron chi connectivity index (χ2n) is 6.78. The van der Waals surface area contributed by atoms with Crippen LogP contribution < -0.4 is 0 Å². The zero-order valence-corrected chi connectivity index (χ0v) is 16.1. The zero-order valence-electron chi connectivity index (χ0n) is 16.1. The number of nitrogens with zero attached hydrogens (tertiary/aromatic N) is 1. The molecule has 0 bridgehead atoms. The van der Waals surface area contributed by atoms with E-state index in [9.17, 15) is 14.4 Å². The minimum absolute atomic E-state index is 0.487. The van der Waals surface area contributed by atoms with Crippen LogP contribution in [0.1, 0.15) is 23.2 Å². The van der Waals surface area contributed by atoms with E-state index in [0.717, 1.165) is 11.1 Å². The van der Waals surface area contributed by atoms with Crippen LogP contribution in [0, 0.1) is 11.8 Å². The van der Waals surface area contributed by atoms with Gasteiger partial charge in [-0.05, 0) is 18.2 Å². The highest BCUT2D eigenvalue weighted by Crippen LogP contribution is 2.46. The Bertz CT molecular complexity index is 782. The fraction of sp³-hybridized carbons (Fsp3) is 0.318. The van der Waals surface area contributed by atoms with E-state index in [1.54, 1.807) is 0 Å². The van der Waals surface area contributed by atoms with Crippen molar-refractivity contribution in [2.45, 2.75) is 12.1 Å². The molecule has 1 heterocycles. The largest absolute Gasteiger partial charge is 0.468 e. The molecule has 0 saturated carbocycles. The highest BCUT2D eigenvalue weighted by atomic mass is 16.5. The van der Waals surface area contributed by atoms with Crippen LogP contribution >= 0.6 is 0 Å². The van der Waals surface area contributed by atoms with Gasteiger partial charge in [-0.1, -0.05) is 60.7 Å². The van der Waals surface area contributed by atoms with Crippen molar-refractivity contribution in [3.8, 4) is 0 Å². The lowest BCUT2D eigenvalue weighted by Gasteiger charge is -2.46. The van der Waals surface area contributed by atoms with E-state index in [0.29, 0.717) is 0 Å². The molecule has 4 atom stereocenters. The van der Waals surface area contributed by atoms with Crippen molar-refractivity contribution in [1.82, 2.24) is 4.90 Å². The van der Waals surface area contributed by atoms with Gasteiger partial charge in [-0.3, -0.25) is 19.3 Å². The van der Waals surface area contributed by atoms with E-state index in [2.05, 4.69) is 0 Å². The van der Waals surface area contributed by atoms with Crippen molar-refractivity contribution in [2.75, 3.05) is 21.3 Å². The van der Waals surface area contributed by atoms with Crippen LogP contribution in [-0.2, 0) is 23.9 Å². The van der Waals surface area contributed by atoms with Crippen molar-refractivity contribution in [1.29, 1.82) is 0 Å². The molecule has 0 amide bonds. The molecule has 1 aliphatic heterocycles. The maximum atomic E-state index is 13.4. The van der Waals surface area contributed by atoms with E-state index in [1.807, 2.05) is 72.6 Å². The lowest BCUT2D eigenvalue weighted by molar-refractivity contribution is -0.167. The predicted molar refractivity (Wildman–Crippen MR) is 102 cm³/mol. The standard InChI is InChI=1S/C22H23NO5/c1-23-18(14-10-6-4-7-11-14)16(21(25)27-2)20(24)17(22(26)28-3)19(23)15-12-8-5-9-13-15/h4-13,16-19H,1-3H3. The number of benzene rings is 2. The van der Waals surface area contributed by atoms with Gasteiger partial charge in [0.1, 0.15) is 11.8 Å². The Labute approximate surface area is 164 Å². The first kappa shape index (κ1) is 19.8. The van der Waals surface area contributed by atoms with Crippen molar-refractivity contribution in [3.05, 3.63) is 71.8 Å². The Morgan fingerprint density at radius 2 is 1.11 bits per heavy atom. The summed E-state index contributed by atoms with van der Waals surface area (Å²) in [5, 5.41) is 0. The van der Waals surface area contributed by atoms with Gasteiger partial charge in [0.25, 0.3) is 0 Å². The first-order valence-corrected chi connectivity index (χ1v) is 9.02. The third kappa shape index (κ3) is 3.43. The number of rotatable bonds is 4. The lowest BCUT2D eigenvalue weighted by Crippen LogP contribution is -2.54. The van der Waals surface area contributed by atoms with Gasteiger partial charge in [0.15, 0.2) is 5.78 Å². The monoisotopic (exact) mass is 381 g/mol. The van der Waals surface area contributed by atoms with Crippen molar-refractivity contribution in [3.63, 3.8) is 0 Å². The molecule has 6 heteroatoms. The molecule has 28 heavy (non-hydrogen) atoms. The fourth-order valence-corrected chi connectivity index (χ4v) is 4.05. The number of piperidine rings is 1. The highest BCUT2D eigenvalue weighted by Gasteiger charge is 2.54. The molecule has 0 spiro atoms. The van der Waals surface area contributed by atoms with Crippen molar-refractivity contribution < 1.29 is 23.9 Å². The van der Waals surface area contributed by atoms with Crippen LogP contribution in [0.3, 0.4) is 0 Å². The number of carbonyl (C=O) groups is 3. The SMILES string of the molecule is COC(=O)C1C(=O)C(C(=O)OC)C(c2ccccc2)N(C)C1c1ccccc1. The van der Waals surface area contributed by atoms with Gasteiger partial charge in [0, 0.05) is 0 Å². The van der Waals surface area contributed by atoms with Gasteiger partial charge in [0.05, 0.1) is 26.3 Å². The summed E-state index contributed by atoms with van der Waals surface area (Å²) < 4.78 is 9.85. The number of Topliss-reactive ketones (excluding diaryl/α,β-unsaturated/α-hetero) is 1. The van der Waals surface area contributed by atoms with E-state index in [1.165, 1.54) is 14.2 Å². The Kier molecular flexibility index (Phi) is 5.90. The summed E-state index contributed by atoms with van der Waals surface area (Å²) in [6.45, 7) is 0. The fourth-order valence-electron chi connectivity index (χ4n) is 4.05. The third-order valence-corrected chi connectivity index (χ3v) is 5.31. The van der Waals surface area contributed by atoms with E-state index >= 15 is 0 Å². The Balaban J connectivity index is 2.18. The number of esters is 2. The van der Waals surface area contributed by atoms with Crippen LogP contribution in [0.2, 0.25) is 0 Å². The molecular weight excluding hydrogens is 358 g/mol. The number of ketones is 1. The molecule has 1 aliphatic rings. The molecule has 146 valence electrons. The summed E-state index contributed by atoms with van der Waals surface area (Å²) in [5.74, 6) is -4.06. The summed E-state index contributed by atoms with van der Waals surface area (Å²) in [6.07, 6.45) is 0. The molecule has 3 rings (SSSR count). The van der Waals surface area contributed by atoms with Crippen molar-refractivity contribution in [2.24, 2.45) is 11.8 Å². The van der Waals surface area contributed by atoms with Crippen molar-refractivity contribution >= 4 is 17.7 Å². The smallest absolute Gasteiger partial charge is 0.318 e. The molecular formula is C22H23NO5. The summed E-state index contributed by atoms with van der Waals surface area (Å²) in [7, 11) is 4.30. The Hall–Kier alpha value is -2.99. The number of ether oxygens (including phenoxy) is 2. The molecule has 4 unspecified atom stereocenters. The van der Waals surface area contributed by atoms with Crippen LogP contribution in [0.5, 0.6) is 0 Å². The quantitative estimate of drug-likeness (QED) is 0.599. The van der Waals surface area contributed by atoms with Crippen LogP contribution in [0.25, 0.3) is 0 Å². The van der Waals surface area contributed by atoms with Gasteiger partial charge in [-0.2, -0.15) is 0 Å². The Morgan fingerprint density at radius 3 is 1.43 bits per heavy atom. The minimum Gasteiger partial charge on any atom is -0.468 e. The van der Waals surface area contributed by atoms with E-state index in [-0.39, 0.29) is 0 Å². The average molecular weight is 381 g/mol. The molecule has 0 aliphatic carbocycles. The topological polar surface area (TPSA) is 72.9 Å². The Morgan fingerprint density at radius 1 is 0.750 bits per heavy atom. The molecule has 2 aromatic carbocycles. The van der Waals surface area contributed by atoms with E-state index in [4.69, 9.17) is 9.47 Å². The molecule has 6 nitrogen and oxygen atoms in total. The zero-order chi connectivity index (χ0) is 20.3. The maximum Gasteiger partial charge on any atom is 0.318 e. The molecule has 0 N–H and O–H groups in total. The number of likely N-dealkylation sites (tertiary alicyclic amines) is 1. The molecule has 1 fully saturated rings. The normalized spacial score (nSPS) is 25.2. The number of methoxy groups -OCH3 is 2. The average Bonchev–Trinajstić information content (AvgIpc) is 2.74. The number of hydrogen-bond donors (Lipinski definition) is 0. The minimum atomic E-state index is -1.12. The number of hydrogen-bond acceptors (Lipinski definition) is 6. The first-order chi connectivity index (χ1) is 13.5.